The smallest absolute Gasteiger partial charge is 0.291 e. The molecule has 0 bridgehead atoms. The lowest BCUT2D eigenvalue weighted by atomic mass is 10.3. The Balaban J connectivity index is 2.05. The van der Waals surface area contributed by atoms with Gasteiger partial charge in [-0.15, -0.1) is 0 Å². The molecule has 5 nitrogen and oxygen atoms in total. The van der Waals surface area contributed by atoms with Crippen molar-refractivity contribution in [3.05, 3.63) is 47.9 Å². The number of amides is 1. The Kier molecular flexibility index (Phi) is 4.40. The van der Waals surface area contributed by atoms with Crippen molar-refractivity contribution in [1.82, 2.24) is 0 Å². The number of carbonyl (C=O) groups is 1. The molecule has 102 valence electrons. The third kappa shape index (κ3) is 3.39. The highest BCUT2D eigenvalue weighted by Crippen LogP contribution is 2.18. The van der Waals surface area contributed by atoms with Gasteiger partial charge in [-0.2, -0.15) is 5.26 Å². The van der Waals surface area contributed by atoms with Crippen LogP contribution in [0.4, 0.5) is 5.69 Å². The van der Waals surface area contributed by atoms with E-state index in [9.17, 15) is 4.79 Å². The van der Waals surface area contributed by atoms with E-state index in [2.05, 4.69) is 5.32 Å². The number of furan rings is 1. The molecule has 0 fully saturated rings. The van der Waals surface area contributed by atoms with Gasteiger partial charge in [-0.25, -0.2) is 0 Å². The first-order valence-corrected chi connectivity index (χ1v) is 6.23. The van der Waals surface area contributed by atoms with Gasteiger partial charge in [-0.1, -0.05) is 13.0 Å². The molecule has 1 aromatic heterocycles. The van der Waals surface area contributed by atoms with Crippen molar-refractivity contribution in [2.24, 2.45) is 0 Å². The van der Waals surface area contributed by atoms with Crippen molar-refractivity contribution in [2.45, 2.75) is 13.3 Å². The summed E-state index contributed by atoms with van der Waals surface area (Å²) in [5, 5.41) is 11.2. The fourth-order valence-corrected chi connectivity index (χ4v) is 1.66. The molecule has 1 amide bonds. The van der Waals surface area contributed by atoms with Gasteiger partial charge in [0.25, 0.3) is 5.91 Å². The van der Waals surface area contributed by atoms with Gasteiger partial charge in [0, 0.05) is 18.2 Å². The van der Waals surface area contributed by atoms with Crippen molar-refractivity contribution in [3.8, 4) is 11.8 Å². The van der Waals surface area contributed by atoms with Crippen LogP contribution in [0.1, 0.15) is 23.2 Å². The zero-order valence-electron chi connectivity index (χ0n) is 11.1. The second kappa shape index (κ2) is 6.43. The number of aryl methyl sites for hydroxylation is 1. The topological polar surface area (TPSA) is 75.3 Å². The molecule has 0 saturated carbocycles. The lowest BCUT2D eigenvalue weighted by Gasteiger charge is -2.06. The van der Waals surface area contributed by atoms with E-state index in [4.69, 9.17) is 14.4 Å². The maximum absolute atomic E-state index is 12.0. The van der Waals surface area contributed by atoms with Gasteiger partial charge in [-0.3, -0.25) is 4.79 Å². The van der Waals surface area contributed by atoms with Gasteiger partial charge < -0.3 is 14.5 Å². The zero-order chi connectivity index (χ0) is 14.4. The molecule has 20 heavy (non-hydrogen) atoms. The minimum absolute atomic E-state index is 0.0323. The van der Waals surface area contributed by atoms with Crippen molar-refractivity contribution in [3.63, 3.8) is 0 Å². The predicted molar refractivity (Wildman–Crippen MR) is 73.6 cm³/mol. The minimum Gasteiger partial charge on any atom is -0.479 e. The third-order valence-electron chi connectivity index (χ3n) is 2.63. The predicted octanol–water partition coefficient (Wildman–Crippen LogP) is 3.00. The highest BCUT2D eigenvalue weighted by atomic mass is 16.5. The summed E-state index contributed by atoms with van der Waals surface area (Å²) in [6.07, 6.45) is 0.741. The normalized spacial score (nSPS) is 9.80. The van der Waals surface area contributed by atoms with Crippen molar-refractivity contribution in [1.29, 1.82) is 5.26 Å². The number of nitriles is 1. The summed E-state index contributed by atoms with van der Waals surface area (Å²) in [5.41, 5.74) is 0.583. The van der Waals surface area contributed by atoms with E-state index in [1.165, 1.54) is 0 Å². The Labute approximate surface area is 116 Å². The molecule has 0 saturated heterocycles. The molecule has 5 heteroatoms. The van der Waals surface area contributed by atoms with Crippen LogP contribution in [-0.2, 0) is 6.42 Å². The van der Waals surface area contributed by atoms with Crippen LogP contribution in [0.3, 0.4) is 0 Å². The van der Waals surface area contributed by atoms with Gasteiger partial charge in [0.2, 0.25) is 0 Å². The van der Waals surface area contributed by atoms with Crippen LogP contribution in [0.2, 0.25) is 0 Å². The van der Waals surface area contributed by atoms with E-state index >= 15 is 0 Å². The summed E-state index contributed by atoms with van der Waals surface area (Å²) < 4.78 is 10.5. The first kappa shape index (κ1) is 13.7. The molecular weight excluding hydrogens is 256 g/mol. The molecule has 2 aromatic rings. The molecule has 1 heterocycles. The molecular formula is C15H14N2O3. The molecule has 0 spiro atoms. The van der Waals surface area contributed by atoms with Gasteiger partial charge in [0.05, 0.1) is 0 Å². The van der Waals surface area contributed by atoms with E-state index in [1.807, 2.05) is 13.0 Å². The first-order valence-electron chi connectivity index (χ1n) is 6.23. The van der Waals surface area contributed by atoms with Crippen LogP contribution in [0.25, 0.3) is 0 Å². The first-order chi connectivity index (χ1) is 9.72. The number of nitrogens with zero attached hydrogens (tertiary/aromatic N) is 1. The summed E-state index contributed by atoms with van der Waals surface area (Å²) in [5.74, 6) is 1.24. The summed E-state index contributed by atoms with van der Waals surface area (Å²) in [6.45, 7) is 1.92. The highest BCUT2D eigenvalue weighted by molar-refractivity contribution is 6.02. The maximum atomic E-state index is 12.0. The van der Waals surface area contributed by atoms with E-state index < -0.39 is 0 Å². The average Bonchev–Trinajstić information content (AvgIpc) is 2.94. The summed E-state index contributed by atoms with van der Waals surface area (Å²) in [6, 6.07) is 12.2. The van der Waals surface area contributed by atoms with Gasteiger partial charge in [-0.05, 0) is 24.3 Å². The Morgan fingerprint density at radius 1 is 1.40 bits per heavy atom. The highest BCUT2D eigenvalue weighted by Gasteiger charge is 2.11. The Morgan fingerprint density at radius 3 is 2.95 bits per heavy atom. The van der Waals surface area contributed by atoms with Crippen molar-refractivity contribution >= 4 is 11.6 Å². The third-order valence-corrected chi connectivity index (χ3v) is 2.63. The quantitative estimate of drug-likeness (QED) is 0.906. The number of benzene rings is 1. The minimum atomic E-state index is -0.317. The van der Waals surface area contributed by atoms with Gasteiger partial charge >= 0.3 is 0 Å². The zero-order valence-corrected chi connectivity index (χ0v) is 11.1. The number of anilines is 1. The van der Waals surface area contributed by atoms with Crippen LogP contribution < -0.4 is 10.1 Å². The molecule has 0 aliphatic carbocycles. The average molecular weight is 270 g/mol. The van der Waals surface area contributed by atoms with Crippen molar-refractivity contribution in [2.75, 3.05) is 11.9 Å². The monoisotopic (exact) mass is 270 g/mol. The summed E-state index contributed by atoms with van der Waals surface area (Å²) in [4.78, 5) is 12.0. The second-order valence-electron chi connectivity index (χ2n) is 4.05. The number of hydrogen-bond acceptors (Lipinski definition) is 4. The molecule has 0 unspecified atom stereocenters. The van der Waals surface area contributed by atoms with Crippen LogP contribution in [-0.4, -0.2) is 12.5 Å². The van der Waals surface area contributed by atoms with Crippen LogP contribution >= 0.6 is 0 Å². The van der Waals surface area contributed by atoms with Crippen LogP contribution in [0, 0.1) is 11.3 Å². The Morgan fingerprint density at radius 2 is 2.25 bits per heavy atom. The molecule has 0 aliphatic heterocycles. The van der Waals surface area contributed by atoms with E-state index in [0.717, 1.165) is 12.2 Å². The molecule has 0 atom stereocenters. The fourth-order valence-electron chi connectivity index (χ4n) is 1.66. The number of nitrogens with one attached hydrogen (secondary N) is 1. The van der Waals surface area contributed by atoms with Crippen molar-refractivity contribution < 1.29 is 13.9 Å². The number of ether oxygens (including phenoxy) is 1. The standard InChI is InChI=1S/C15H14N2O3/c1-2-12-6-7-14(20-12)15(18)17-11-4-3-5-13(10-11)19-9-8-16/h3-7,10H,2,9H2,1H3,(H,17,18). The van der Waals surface area contributed by atoms with E-state index in [0.29, 0.717) is 11.4 Å². The largest absolute Gasteiger partial charge is 0.479 e. The number of carbonyl (C=O) groups excluding carboxylic acids is 1. The second-order valence-corrected chi connectivity index (χ2v) is 4.05. The summed E-state index contributed by atoms with van der Waals surface area (Å²) in [7, 11) is 0. The molecule has 2 rings (SSSR count). The lowest BCUT2D eigenvalue weighted by molar-refractivity contribution is 0.0995. The Bertz CT molecular complexity index is 641. The van der Waals surface area contributed by atoms with E-state index in [-0.39, 0.29) is 18.3 Å². The van der Waals surface area contributed by atoms with Crippen LogP contribution in [0.5, 0.6) is 5.75 Å². The molecule has 0 aliphatic rings. The van der Waals surface area contributed by atoms with Gasteiger partial charge in [0.1, 0.15) is 17.6 Å². The number of hydrogen-bond donors (Lipinski definition) is 1. The lowest BCUT2D eigenvalue weighted by Crippen LogP contribution is -2.10. The number of rotatable bonds is 5. The maximum Gasteiger partial charge on any atom is 0.291 e. The van der Waals surface area contributed by atoms with Crippen LogP contribution in [0.15, 0.2) is 40.8 Å². The molecule has 1 aromatic carbocycles. The fraction of sp³-hybridized carbons (Fsp3) is 0.200. The summed E-state index contributed by atoms with van der Waals surface area (Å²) >= 11 is 0. The van der Waals surface area contributed by atoms with E-state index in [1.54, 1.807) is 36.4 Å². The molecule has 1 N–H and O–H groups in total. The Hall–Kier alpha value is -2.74. The van der Waals surface area contributed by atoms with Gasteiger partial charge in [0.15, 0.2) is 12.4 Å². The molecule has 0 radical (unpaired) electrons. The SMILES string of the molecule is CCc1ccc(C(=O)Nc2cccc(OCC#N)c2)o1.